The zero-order valence-electron chi connectivity index (χ0n) is 10.1. The van der Waals surface area contributed by atoms with Crippen LogP contribution < -0.4 is 10.6 Å². The minimum Gasteiger partial charge on any atom is -0.354 e. The third-order valence-corrected chi connectivity index (χ3v) is 2.19. The lowest BCUT2D eigenvalue weighted by molar-refractivity contribution is -0.130. The molecule has 0 aliphatic rings. The molecule has 0 bridgehead atoms. The van der Waals surface area contributed by atoms with E-state index in [0.29, 0.717) is 12.5 Å². The second-order valence-electron chi connectivity index (χ2n) is 4.84. The Morgan fingerprint density at radius 1 is 1.29 bits per heavy atom. The summed E-state index contributed by atoms with van der Waals surface area (Å²) < 4.78 is 0. The molecule has 0 fully saturated rings. The van der Waals surface area contributed by atoms with Crippen molar-refractivity contribution in [3.63, 3.8) is 0 Å². The zero-order chi connectivity index (χ0) is 11.2. The van der Waals surface area contributed by atoms with E-state index in [9.17, 15) is 4.79 Å². The molecular weight excluding hydrogens is 176 g/mol. The normalized spacial score (nSPS) is 11.9. The van der Waals surface area contributed by atoms with Gasteiger partial charge in [-0.3, -0.25) is 4.79 Å². The van der Waals surface area contributed by atoms with Crippen molar-refractivity contribution < 1.29 is 4.79 Å². The summed E-state index contributed by atoms with van der Waals surface area (Å²) in [6.45, 7) is 9.81. The Labute approximate surface area is 87.6 Å². The number of hydrogen-bond donors (Lipinski definition) is 2. The van der Waals surface area contributed by atoms with E-state index in [1.54, 1.807) is 0 Å². The summed E-state index contributed by atoms with van der Waals surface area (Å²) >= 11 is 0. The van der Waals surface area contributed by atoms with Crippen LogP contribution in [0.25, 0.3) is 0 Å². The fraction of sp³-hybridized carbons (Fsp3) is 0.909. The van der Waals surface area contributed by atoms with Gasteiger partial charge >= 0.3 is 0 Å². The van der Waals surface area contributed by atoms with Gasteiger partial charge in [0, 0.05) is 18.5 Å². The van der Waals surface area contributed by atoms with Crippen LogP contribution in [0.2, 0.25) is 0 Å². The van der Waals surface area contributed by atoms with Crippen molar-refractivity contribution in [2.24, 2.45) is 11.3 Å². The topological polar surface area (TPSA) is 41.1 Å². The van der Waals surface area contributed by atoms with Gasteiger partial charge in [0.15, 0.2) is 0 Å². The van der Waals surface area contributed by atoms with Crippen LogP contribution in [0.3, 0.4) is 0 Å². The minimum atomic E-state index is -0.248. The quantitative estimate of drug-likeness (QED) is 0.636. The maximum atomic E-state index is 11.7. The molecule has 0 unspecified atom stereocenters. The molecule has 0 radical (unpaired) electrons. The van der Waals surface area contributed by atoms with Gasteiger partial charge in [-0.05, 0) is 19.4 Å². The van der Waals surface area contributed by atoms with Gasteiger partial charge in [-0.1, -0.05) is 27.7 Å². The molecule has 0 saturated heterocycles. The van der Waals surface area contributed by atoms with Crippen LogP contribution in [0.4, 0.5) is 0 Å². The molecule has 0 aromatic rings. The van der Waals surface area contributed by atoms with Crippen LogP contribution in [0, 0.1) is 11.3 Å². The standard InChI is InChI=1S/C11H24N2O/c1-9(2)8-11(3,4)10(14)13-7-6-12-5/h9,12H,6-8H2,1-5H3,(H,13,14). The molecule has 0 rings (SSSR count). The molecule has 0 spiro atoms. The van der Waals surface area contributed by atoms with Gasteiger partial charge in [0.1, 0.15) is 0 Å². The summed E-state index contributed by atoms with van der Waals surface area (Å²) in [6, 6.07) is 0. The van der Waals surface area contributed by atoms with E-state index >= 15 is 0 Å². The smallest absolute Gasteiger partial charge is 0.225 e. The average molecular weight is 200 g/mol. The second kappa shape index (κ2) is 6.02. The predicted molar refractivity (Wildman–Crippen MR) is 60.2 cm³/mol. The van der Waals surface area contributed by atoms with Gasteiger partial charge in [0.2, 0.25) is 5.91 Å². The Hall–Kier alpha value is -0.570. The van der Waals surface area contributed by atoms with Crippen LogP contribution in [0.1, 0.15) is 34.1 Å². The lowest BCUT2D eigenvalue weighted by atomic mass is 9.83. The molecule has 0 aromatic heterocycles. The third kappa shape index (κ3) is 5.22. The van der Waals surface area contributed by atoms with Crippen molar-refractivity contribution in [1.82, 2.24) is 10.6 Å². The van der Waals surface area contributed by atoms with Gasteiger partial charge in [-0.15, -0.1) is 0 Å². The van der Waals surface area contributed by atoms with Crippen LogP contribution in [0.5, 0.6) is 0 Å². The van der Waals surface area contributed by atoms with Gasteiger partial charge in [-0.25, -0.2) is 0 Å². The summed E-state index contributed by atoms with van der Waals surface area (Å²) in [5.74, 6) is 0.710. The largest absolute Gasteiger partial charge is 0.354 e. The lowest BCUT2D eigenvalue weighted by Gasteiger charge is -2.25. The monoisotopic (exact) mass is 200 g/mol. The Morgan fingerprint density at radius 3 is 2.29 bits per heavy atom. The molecular formula is C11H24N2O. The van der Waals surface area contributed by atoms with Crippen LogP contribution in [-0.4, -0.2) is 26.0 Å². The highest BCUT2D eigenvalue weighted by molar-refractivity contribution is 5.81. The highest BCUT2D eigenvalue weighted by Gasteiger charge is 2.27. The first kappa shape index (κ1) is 13.4. The van der Waals surface area contributed by atoms with E-state index in [1.807, 2.05) is 20.9 Å². The summed E-state index contributed by atoms with van der Waals surface area (Å²) in [7, 11) is 1.88. The van der Waals surface area contributed by atoms with E-state index in [1.165, 1.54) is 0 Å². The van der Waals surface area contributed by atoms with Crippen molar-refractivity contribution in [3.05, 3.63) is 0 Å². The number of likely N-dealkylation sites (N-methyl/N-ethyl adjacent to an activating group) is 1. The van der Waals surface area contributed by atoms with Gasteiger partial charge in [0.05, 0.1) is 0 Å². The number of amides is 1. The summed E-state index contributed by atoms with van der Waals surface area (Å²) in [5.41, 5.74) is -0.248. The van der Waals surface area contributed by atoms with Gasteiger partial charge < -0.3 is 10.6 Å². The highest BCUT2D eigenvalue weighted by Crippen LogP contribution is 2.25. The fourth-order valence-electron chi connectivity index (χ4n) is 1.65. The van der Waals surface area contributed by atoms with Crippen LogP contribution in [-0.2, 0) is 4.79 Å². The summed E-state index contributed by atoms with van der Waals surface area (Å²) in [4.78, 5) is 11.7. The first-order valence-corrected chi connectivity index (χ1v) is 5.33. The molecule has 0 aromatic carbocycles. The molecule has 0 aliphatic carbocycles. The Balaban J connectivity index is 3.95. The highest BCUT2D eigenvalue weighted by atomic mass is 16.2. The molecule has 0 atom stereocenters. The summed E-state index contributed by atoms with van der Waals surface area (Å²) in [5, 5.41) is 5.93. The number of carbonyl (C=O) groups excluding carboxylic acids is 1. The van der Waals surface area contributed by atoms with Crippen molar-refractivity contribution in [1.29, 1.82) is 0 Å². The van der Waals surface area contributed by atoms with Crippen molar-refractivity contribution in [2.75, 3.05) is 20.1 Å². The minimum absolute atomic E-state index is 0.154. The third-order valence-electron chi connectivity index (χ3n) is 2.19. The van der Waals surface area contributed by atoms with E-state index < -0.39 is 0 Å². The lowest BCUT2D eigenvalue weighted by Crippen LogP contribution is -2.40. The first-order chi connectivity index (χ1) is 6.40. The van der Waals surface area contributed by atoms with Crippen LogP contribution >= 0.6 is 0 Å². The van der Waals surface area contributed by atoms with Crippen molar-refractivity contribution >= 4 is 5.91 Å². The van der Waals surface area contributed by atoms with E-state index in [-0.39, 0.29) is 11.3 Å². The molecule has 3 heteroatoms. The SMILES string of the molecule is CNCCNC(=O)C(C)(C)CC(C)C. The number of nitrogens with one attached hydrogen (secondary N) is 2. The summed E-state index contributed by atoms with van der Waals surface area (Å²) in [6.07, 6.45) is 0.929. The van der Waals surface area contributed by atoms with Crippen LogP contribution in [0.15, 0.2) is 0 Å². The average Bonchev–Trinajstić information content (AvgIpc) is 2.02. The Bertz CT molecular complexity index is 176. The maximum absolute atomic E-state index is 11.7. The Morgan fingerprint density at radius 2 is 1.86 bits per heavy atom. The molecule has 3 nitrogen and oxygen atoms in total. The molecule has 0 saturated carbocycles. The van der Waals surface area contributed by atoms with Crippen molar-refractivity contribution in [3.8, 4) is 0 Å². The van der Waals surface area contributed by atoms with Gasteiger partial charge in [0.25, 0.3) is 0 Å². The molecule has 14 heavy (non-hydrogen) atoms. The molecule has 0 aliphatic heterocycles. The van der Waals surface area contributed by atoms with E-state index in [4.69, 9.17) is 0 Å². The number of hydrogen-bond acceptors (Lipinski definition) is 2. The van der Waals surface area contributed by atoms with Gasteiger partial charge in [-0.2, -0.15) is 0 Å². The zero-order valence-corrected chi connectivity index (χ0v) is 10.1. The number of carbonyl (C=O) groups is 1. The van der Waals surface area contributed by atoms with Crippen molar-refractivity contribution in [2.45, 2.75) is 34.1 Å². The maximum Gasteiger partial charge on any atom is 0.225 e. The molecule has 84 valence electrons. The Kier molecular flexibility index (Phi) is 5.77. The van der Waals surface area contributed by atoms with E-state index in [2.05, 4.69) is 24.5 Å². The fourth-order valence-corrected chi connectivity index (χ4v) is 1.65. The molecule has 1 amide bonds. The second-order valence-corrected chi connectivity index (χ2v) is 4.84. The predicted octanol–water partition coefficient (Wildman–Crippen LogP) is 1.39. The number of rotatable bonds is 6. The molecule has 2 N–H and O–H groups in total. The first-order valence-electron chi connectivity index (χ1n) is 5.33. The molecule has 0 heterocycles. The van der Waals surface area contributed by atoms with E-state index in [0.717, 1.165) is 13.0 Å².